The van der Waals surface area contributed by atoms with Crippen molar-refractivity contribution in [3.05, 3.63) is 52.5 Å². The summed E-state index contributed by atoms with van der Waals surface area (Å²) in [6, 6.07) is 8.25. The van der Waals surface area contributed by atoms with Gasteiger partial charge < -0.3 is 4.74 Å². The summed E-state index contributed by atoms with van der Waals surface area (Å²) in [7, 11) is 0. The van der Waals surface area contributed by atoms with Crippen LogP contribution in [0.5, 0.6) is 11.6 Å². The van der Waals surface area contributed by atoms with Gasteiger partial charge in [0.1, 0.15) is 23.2 Å². The Balaban J connectivity index is 2.00. The Hall–Kier alpha value is -2.41. The van der Waals surface area contributed by atoms with Gasteiger partial charge in [0.05, 0.1) is 0 Å². The van der Waals surface area contributed by atoms with Gasteiger partial charge in [-0.1, -0.05) is 0 Å². The van der Waals surface area contributed by atoms with Gasteiger partial charge in [0, 0.05) is 5.69 Å². The first kappa shape index (κ1) is 12.6. The van der Waals surface area contributed by atoms with E-state index in [2.05, 4.69) is 11.1 Å². The van der Waals surface area contributed by atoms with E-state index in [1.54, 1.807) is 13.0 Å². The van der Waals surface area contributed by atoms with Crippen LogP contribution in [0, 0.1) is 24.1 Å². The summed E-state index contributed by atoms with van der Waals surface area (Å²) in [6.45, 7) is 1.76. The van der Waals surface area contributed by atoms with E-state index in [-0.39, 0.29) is 5.82 Å². The van der Waals surface area contributed by atoms with E-state index in [9.17, 15) is 9.65 Å². The zero-order valence-corrected chi connectivity index (χ0v) is 11.1. The number of aryl methyl sites for hydroxylation is 3. The third kappa shape index (κ3) is 2.23. The van der Waals surface area contributed by atoms with E-state index in [4.69, 9.17) is 4.74 Å². The van der Waals surface area contributed by atoms with Crippen molar-refractivity contribution in [3.8, 4) is 17.7 Å². The molecular formula is C16H13FN2O. The third-order valence-electron chi connectivity index (χ3n) is 3.48. The van der Waals surface area contributed by atoms with Crippen molar-refractivity contribution in [3.63, 3.8) is 0 Å². The summed E-state index contributed by atoms with van der Waals surface area (Å²) in [5, 5.41) is 9.21. The van der Waals surface area contributed by atoms with Gasteiger partial charge in [0.15, 0.2) is 0 Å². The van der Waals surface area contributed by atoms with E-state index in [1.165, 1.54) is 12.1 Å². The number of hydrogen-bond acceptors (Lipinski definition) is 3. The molecule has 1 aromatic heterocycles. The maximum absolute atomic E-state index is 13.1. The van der Waals surface area contributed by atoms with Crippen LogP contribution >= 0.6 is 0 Å². The second kappa shape index (κ2) is 4.93. The maximum atomic E-state index is 13.1. The molecule has 100 valence electrons. The summed E-state index contributed by atoms with van der Waals surface area (Å²) in [6.07, 6.45) is 2.94. The SMILES string of the molecule is Cc1cc(F)ccc1Oc1nc2c(cc1C#N)CCC2. The highest BCUT2D eigenvalue weighted by molar-refractivity contribution is 5.46. The molecule has 1 aliphatic carbocycles. The van der Waals surface area contributed by atoms with Gasteiger partial charge >= 0.3 is 0 Å². The third-order valence-corrected chi connectivity index (χ3v) is 3.48. The molecule has 0 radical (unpaired) electrons. The summed E-state index contributed by atoms with van der Waals surface area (Å²) in [5.74, 6) is 0.522. The molecule has 4 heteroatoms. The number of nitrogens with zero attached hydrogens (tertiary/aromatic N) is 2. The molecule has 1 aliphatic rings. The van der Waals surface area contributed by atoms with Crippen LogP contribution in [0.1, 0.15) is 28.8 Å². The van der Waals surface area contributed by atoms with Gasteiger partial charge in [-0.25, -0.2) is 9.37 Å². The lowest BCUT2D eigenvalue weighted by molar-refractivity contribution is 0.454. The van der Waals surface area contributed by atoms with Gasteiger partial charge in [-0.2, -0.15) is 5.26 Å². The second-order valence-electron chi connectivity index (χ2n) is 4.92. The largest absolute Gasteiger partial charge is 0.437 e. The molecule has 1 aromatic carbocycles. The molecule has 20 heavy (non-hydrogen) atoms. The number of fused-ring (bicyclic) bond motifs is 1. The highest BCUT2D eigenvalue weighted by Crippen LogP contribution is 2.30. The zero-order chi connectivity index (χ0) is 14.1. The zero-order valence-electron chi connectivity index (χ0n) is 11.1. The standard InChI is InChI=1S/C16H13FN2O/c1-10-7-13(17)5-6-15(10)20-16-12(9-18)8-11-3-2-4-14(11)19-16/h5-8H,2-4H2,1H3. The van der Waals surface area contributed by atoms with E-state index in [1.807, 2.05) is 6.07 Å². The number of benzene rings is 1. The fourth-order valence-electron chi connectivity index (χ4n) is 2.44. The van der Waals surface area contributed by atoms with Crippen LogP contribution in [0.15, 0.2) is 24.3 Å². The quantitative estimate of drug-likeness (QED) is 0.834. The first-order valence-corrected chi connectivity index (χ1v) is 6.54. The average Bonchev–Trinajstić information content (AvgIpc) is 2.88. The predicted molar refractivity (Wildman–Crippen MR) is 72.2 cm³/mol. The number of aromatic nitrogens is 1. The van der Waals surface area contributed by atoms with Crippen LogP contribution < -0.4 is 4.74 Å². The molecule has 0 spiro atoms. The van der Waals surface area contributed by atoms with E-state index in [0.29, 0.717) is 22.8 Å². The first-order valence-electron chi connectivity index (χ1n) is 6.54. The molecule has 0 unspecified atom stereocenters. The van der Waals surface area contributed by atoms with Crippen LogP contribution in [-0.2, 0) is 12.8 Å². The molecule has 3 rings (SSSR count). The Morgan fingerprint density at radius 3 is 2.90 bits per heavy atom. The average molecular weight is 268 g/mol. The molecule has 0 fully saturated rings. The Labute approximate surface area is 116 Å². The lowest BCUT2D eigenvalue weighted by atomic mass is 10.1. The number of rotatable bonds is 2. The summed E-state index contributed by atoms with van der Waals surface area (Å²) in [5.41, 5.74) is 3.23. The van der Waals surface area contributed by atoms with Crippen molar-refractivity contribution in [2.75, 3.05) is 0 Å². The summed E-state index contributed by atoms with van der Waals surface area (Å²) in [4.78, 5) is 4.44. The Kier molecular flexibility index (Phi) is 3.11. The maximum Gasteiger partial charge on any atom is 0.237 e. The van der Waals surface area contributed by atoms with Crippen LogP contribution in [-0.4, -0.2) is 4.98 Å². The molecule has 0 saturated heterocycles. The topological polar surface area (TPSA) is 45.9 Å². The van der Waals surface area contributed by atoms with Crippen molar-refractivity contribution in [2.24, 2.45) is 0 Å². The first-order chi connectivity index (χ1) is 9.67. The Morgan fingerprint density at radius 1 is 1.30 bits per heavy atom. The smallest absolute Gasteiger partial charge is 0.237 e. The summed E-state index contributed by atoms with van der Waals surface area (Å²) >= 11 is 0. The van der Waals surface area contributed by atoms with E-state index in [0.717, 1.165) is 30.5 Å². The van der Waals surface area contributed by atoms with Gasteiger partial charge in [0.2, 0.25) is 5.88 Å². The Morgan fingerprint density at radius 2 is 2.15 bits per heavy atom. The monoisotopic (exact) mass is 268 g/mol. The molecule has 3 nitrogen and oxygen atoms in total. The van der Waals surface area contributed by atoms with Crippen molar-refractivity contribution < 1.29 is 9.13 Å². The number of halogens is 1. The molecule has 2 aromatic rings. The fourth-order valence-corrected chi connectivity index (χ4v) is 2.44. The predicted octanol–water partition coefficient (Wildman–Crippen LogP) is 3.68. The number of hydrogen-bond donors (Lipinski definition) is 0. The van der Waals surface area contributed by atoms with Crippen molar-refractivity contribution in [1.29, 1.82) is 5.26 Å². The van der Waals surface area contributed by atoms with Gasteiger partial charge in [0.25, 0.3) is 0 Å². The van der Waals surface area contributed by atoms with Crippen LogP contribution in [0.4, 0.5) is 4.39 Å². The minimum absolute atomic E-state index is 0.308. The van der Waals surface area contributed by atoms with Crippen molar-refractivity contribution >= 4 is 0 Å². The lowest BCUT2D eigenvalue weighted by Crippen LogP contribution is -1.98. The van der Waals surface area contributed by atoms with Gasteiger partial charge in [-0.05, 0) is 61.6 Å². The molecule has 0 N–H and O–H groups in total. The van der Waals surface area contributed by atoms with E-state index < -0.39 is 0 Å². The normalized spacial score (nSPS) is 12.8. The molecule has 0 atom stereocenters. The van der Waals surface area contributed by atoms with Crippen molar-refractivity contribution in [1.82, 2.24) is 4.98 Å². The highest BCUT2D eigenvalue weighted by atomic mass is 19.1. The highest BCUT2D eigenvalue weighted by Gasteiger charge is 2.18. The molecule has 1 heterocycles. The van der Waals surface area contributed by atoms with Gasteiger partial charge in [-0.15, -0.1) is 0 Å². The molecule has 0 amide bonds. The van der Waals surface area contributed by atoms with Crippen LogP contribution in [0.2, 0.25) is 0 Å². The second-order valence-corrected chi connectivity index (χ2v) is 4.92. The molecule has 0 bridgehead atoms. The summed E-state index contributed by atoms with van der Waals surface area (Å²) < 4.78 is 18.8. The van der Waals surface area contributed by atoms with Crippen LogP contribution in [0.3, 0.4) is 0 Å². The number of ether oxygens (including phenoxy) is 1. The fraction of sp³-hybridized carbons (Fsp3) is 0.250. The van der Waals surface area contributed by atoms with Crippen LogP contribution in [0.25, 0.3) is 0 Å². The minimum Gasteiger partial charge on any atom is -0.437 e. The minimum atomic E-state index is -0.308. The van der Waals surface area contributed by atoms with E-state index >= 15 is 0 Å². The Bertz CT molecular complexity index is 719. The van der Waals surface area contributed by atoms with Crippen molar-refractivity contribution in [2.45, 2.75) is 26.2 Å². The number of nitriles is 1. The van der Waals surface area contributed by atoms with Gasteiger partial charge in [-0.3, -0.25) is 0 Å². The molecule has 0 saturated carbocycles. The number of pyridine rings is 1. The molecular weight excluding hydrogens is 255 g/mol. The molecule has 0 aliphatic heterocycles. The lowest BCUT2D eigenvalue weighted by Gasteiger charge is -2.10.